The lowest BCUT2D eigenvalue weighted by atomic mass is 9.75. The molecule has 1 N–H and O–H groups in total. The molecule has 0 aliphatic heterocycles. The largest absolute Gasteiger partial charge is 0.352 e. The number of hydrogen-bond donors (Lipinski definition) is 1. The Hall–Kier alpha value is -2.27. The average Bonchev–Trinajstić information content (AvgIpc) is 2.70. The first kappa shape index (κ1) is 21.4. The molecule has 2 aromatic carbocycles. The van der Waals surface area contributed by atoms with E-state index in [0.29, 0.717) is 24.4 Å². The fraction of sp³-hybridized carbons (Fsp3) is 0.458. The molecule has 0 bridgehead atoms. The number of carbonyl (C=O) groups excluding carboxylic acids is 1. The van der Waals surface area contributed by atoms with Crippen molar-refractivity contribution in [3.63, 3.8) is 0 Å². The van der Waals surface area contributed by atoms with Crippen LogP contribution in [-0.4, -0.2) is 31.4 Å². The van der Waals surface area contributed by atoms with Crippen LogP contribution >= 0.6 is 0 Å². The van der Waals surface area contributed by atoms with Gasteiger partial charge in [0.15, 0.2) is 0 Å². The van der Waals surface area contributed by atoms with Gasteiger partial charge in [0, 0.05) is 12.6 Å². The molecule has 1 aliphatic rings. The molecule has 3 rings (SSSR count). The molecular weight excluding hydrogens is 370 g/mol. The molecule has 1 fully saturated rings. The highest BCUT2D eigenvalue weighted by atomic mass is 19.1. The van der Waals surface area contributed by atoms with Crippen LogP contribution in [0.5, 0.6) is 0 Å². The highest BCUT2D eigenvalue weighted by Gasteiger charge is 2.29. The molecule has 29 heavy (non-hydrogen) atoms. The Kier molecular flexibility index (Phi) is 7.37. The van der Waals surface area contributed by atoms with Gasteiger partial charge in [-0.05, 0) is 62.9 Å². The van der Waals surface area contributed by atoms with Crippen LogP contribution in [0.25, 0.3) is 0 Å². The number of benzene rings is 2. The molecule has 5 heteroatoms. The topological polar surface area (TPSA) is 32.3 Å². The van der Waals surface area contributed by atoms with Crippen LogP contribution in [0.4, 0.5) is 8.78 Å². The Morgan fingerprint density at radius 3 is 2.21 bits per heavy atom. The zero-order valence-electron chi connectivity index (χ0n) is 17.2. The summed E-state index contributed by atoms with van der Waals surface area (Å²) in [4.78, 5) is 14.4. The molecule has 0 radical (unpaired) electrons. The minimum atomic E-state index is -0.821. The molecule has 1 amide bonds. The number of amides is 1. The zero-order chi connectivity index (χ0) is 20.8. The maximum Gasteiger partial charge on any atom is 0.257 e. The van der Waals surface area contributed by atoms with Gasteiger partial charge in [0.25, 0.3) is 5.91 Å². The first-order valence-electron chi connectivity index (χ1n) is 10.4. The SMILES string of the molecule is CN(C)C(c1ccccc1)C1CCC(CCNC(=O)c2c(F)cccc2F)CC1. The second-order valence-electron chi connectivity index (χ2n) is 8.24. The van der Waals surface area contributed by atoms with Gasteiger partial charge < -0.3 is 10.2 Å². The second kappa shape index (κ2) is 9.97. The molecule has 0 spiro atoms. The molecule has 1 unspecified atom stereocenters. The predicted molar refractivity (Wildman–Crippen MR) is 112 cm³/mol. The molecule has 156 valence electrons. The minimum Gasteiger partial charge on any atom is -0.352 e. The number of hydrogen-bond acceptors (Lipinski definition) is 2. The molecule has 0 aromatic heterocycles. The number of nitrogens with one attached hydrogen (secondary N) is 1. The summed E-state index contributed by atoms with van der Waals surface area (Å²) in [5.74, 6) is -1.16. The second-order valence-corrected chi connectivity index (χ2v) is 8.24. The van der Waals surface area contributed by atoms with Gasteiger partial charge in [-0.3, -0.25) is 4.79 Å². The minimum absolute atomic E-state index is 0.417. The number of carbonyl (C=O) groups is 1. The lowest BCUT2D eigenvalue weighted by molar-refractivity contribution is 0.0938. The molecule has 2 aromatic rings. The van der Waals surface area contributed by atoms with Crippen molar-refractivity contribution < 1.29 is 13.6 Å². The lowest BCUT2D eigenvalue weighted by Gasteiger charge is -2.37. The van der Waals surface area contributed by atoms with Crippen molar-refractivity contribution in [3.05, 3.63) is 71.3 Å². The summed E-state index contributed by atoms with van der Waals surface area (Å²) in [6.45, 7) is 0.442. The molecule has 3 nitrogen and oxygen atoms in total. The molecular formula is C24H30F2N2O. The van der Waals surface area contributed by atoms with E-state index in [1.807, 2.05) is 0 Å². The fourth-order valence-electron chi connectivity index (χ4n) is 4.63. The van der Waals surface area contributed by atoms with Crippen molar-refractivity contribution >= 4 is 5.91 Å². The van der Waals surface area contributed by atoms with Gasteiger partial charge in [0.1, 0.15) is 17.2 Å². The van der Waals surface area contributed by atoms with Crippen LogP contribution in [0.1, 0.15) is 54.1 Å². The molecule has 0 heterocycles. The Bertz CT molecular complexity index is 782. The van der Waals surface area contributed by atoms with Crippen molar-refractivity contribution in [1.82, 2.24) is 10.2 Å². The summed E-state index contributed by atoms with van der Waals surface area (Å²) in [5, 5.41) is 2.68. The highest BCUT2D eigenvalue weighted by Crippen LogP contribution is 2.40. The van der Waals surface area contributed by atoms with Gasteiger partial charge in [-0.15, -0.1) is 0 Å². The van der Waals surface area contributed by atoms with Crippen LogP contribution in [0.3, 0.4) is 0 Å². The van der Waals surface area contributed by atoms with Crippen molar-refractivity contribution in [2.45, 2.75) is 38.1 Å². The van der Waals surface area contributed by atoms with Gasteiger partial charge in [-0.25, -0.2) is 8.78 Å². The van der Waals surface area contributed by atoms with Crippen molar-refractivity contribution in [2.24, 2.45) is 11.8 Å². The van der Waals surface area contributed by atoms with Crippen molar-refractivity contribution in [2.75, 3.05) is 20.6 Å². The normalized spacial score (nSPS) is 20.4. The fourth-order valence-corrected chi connectivity index (χ4v) is 4.63. The summed E-state index contributed by atoms with van der Waals surface area (Å²) in [5.41, 5.74) is 0.869. The van der Waals surface area contributed by atoms with E-state index >= 15 is 0 Å². The van der Waals surface area contributed by atoms with E-state index in [1.165, 1.54) is 11.6 Å². The highest BCUT2D eigenvalue weighted by molar-refractivity contribution is 5.94. The monoisotopic (exact) mass is 400 g/mol. The van der Waals surface area contributed by atoms with E-state index in [9.17, 15) is 13.6 Å². The zero-order valence-corrected chi connectivity index (χ0v) is 17.2. The smallest absolute Gasteiger partial charge is 0.257 e. The molecule has 1 aliphatic carbocycles. The number of rotatable bonds is 7. The Morgan fingerprint density at radius 2 is 1.62 bits per heavy atom. The molecule has 0 saturated heterocycles. The van der Waals surface area contributed by atoms with E-state index in [2.05, 4.69) is 54.6 Å². The van der Waals surface area contributed by atoms with Crippen molar-refractivity contribution in [1.29, 1.82) is 0 Å². The molecule has 1 saturated carbocycles. The third-order valence-electron chi connectivity index (χ3n) is 6.06. The standard InChI is InChI=1S/C24H30F2N2O/c1-28(2)23(18-7-4-3-5-8-18)19-13-11-17(12-14-19)15-16-27-24(29)22-20(25)9-6-10-21(22)26/h3-10,17,19,23H,11-16H2,1-2H3,(H,27,29). The Balaban J connectivity index is 1.48. The van der Waals surface area contributed by atoms with E-state index in [4.69, 9.17) is 0 Å². The van der Waals surface area contributed by atoms with Crippen molar-refractivity contribution in [3.8, 4) is 0 Å². The first-order valence-corrected chi connectivity index (χ1v) is 10.4. The van der Waals surface area contributed by atoms with Gasteiger partial charge in [0.05, 0.1) is 0 Å². The summed E-state index contributed by atoms with van der Waals surface area (Å²) in [7, 11) is 4.28. The third kappa shape index (κ3) is 5.41. The summed E-state index contributed by atoms with van der Waals surface area (Å²) in [6.07, 6.45) is 5.38. The third-order valence-corrected chi connectivity index (χ3v) is 6.06. The number of nitrogens with zero attached hydrogens (tertiary/aromatic N) is 1. The van der Waals surface area contributed by atoms with Gasteiger partial charge in [-0.1, -0.05) is 49.2 Å². The molecule has 1 atom stereocenters. The Morgan fingerprint density at radius 1 is 1.00 bits per heavy atom. The average molecular weight is 401 g/mol. The lowest BCUT2D eigenvalue weighted by Crippen LogP contribution is -2.32. The van der Waals surface area contributed by atoms with Gasteiger partial charge in [-0.2, -0.15) is 0 Å². The predicted octanol–water partition coefficient (Wildman–Crippen LogP) is 5.19. The van der Waals surface area contributed by atoms with Crippen LogP contribution < -0.4 is 5.32 Å². The summed E-state index contributed by atoms with van der Waals surface area (Å²) >= 11 is 0. The van der Waals surface area contributed by atoms with E-state index in [1.54, 1.807) is 0 Å². The van der Waals surface area contributed by atoms with E-state index < -0.39 is 23.1 Å². The first-order chi connectivity index (χ1) is 14.0. The number of halogens is 2. The van der Waals surface area contributed by atoms with Crippen LogP contribution in [0.2, 0.25) is 0 Å². The van der Waals surface area contributed by atoms with Gasteiger partial charge >= 0.3 is 0 Å². The van der Waals surface area contributed by atoms with Crippen LogP contribution in [-0.2, 0) is 0 Å². The van der Waals surface area contributed by atoms with Crippen LogP contribution in [0.15, 0.2) is 48.5 Å². The summed E-state index contributed by atoms with van der Waals surface area (Å²) in [6, 6.07) is 14.5. The quantitative estimate of drug-likeness (QED) is 0.693. The Labute approximate surface area is 172 Å². The maximum absolute atomic E-state index is 13.7. The summed E-state index contributed by atoms with van der Waals surface area (Å²) < 4.78 is 27.4. The van der Waals surface area contributed by atoms with Gasteiger partial charge in [0.2, 0.25) is 0 Å². The van der Waals surface area contributed by atoms with E-state index in [-0.39, 0.29) is 0 Å². The van der Waals surface area contributed by atoms with Crippen LogP contribution in [0, 0.1) is 23.5 Å². The maximum atomic E-state index is 13.7. The van der Waals surface area contributed by atoms with E-state index in [0.717, 1.165) is 44.2 Å².